The van der Waals surface area contributed by atoms with Crippen LogP contribution in [0.3, 0.4) is 0 Å². The Hall–Kier alpha value is -2.05. The molecule has 2 aromatic rings. The number of sulfonamides is 1. The third kappa shape index (κ3) is 5.47. The Morgan fingerprint density at radius 1 is 1.07 bits per heavy atom. The van der Waals surface area contributed by atoms with Crippen molar-refractivity contribution in [3.8, 4) is 0 Å². The summed E-state index contributed by atoms with van der Waals surface area (Å²) in [4.78, 5) is 12.5. The van der Waals surface area contributed by atoms with Crippen LogP contribution in [-0.2, 0) is 14.8 Å². The Bertz CT molecular complexity index is 958. The number of amides is 1. The lowest BCUT2D eigenvalue weighted by molar-refractivity contribution is -0.120. The van der Waals surface area contributed by atoms with E-state index in [1.165, 1.54) is 5.56 Å². The lowest BCUT2D eigenvalue weighted by Crippen LogP contribution is -2.41. The van der Waals surface area contributed by atoms with Crippen molar-refractivity contribution in [2.75, 3.05) is 17.1 Å². The van der Waals surface area contributed by atoms with E-state index in [0.717, 1.165) is 27.3 Å². The quantitative estimate of drug-likeness (QED) is 0.787. The van der Waals surface area contributed by atoms with Gasteiger partial charge in [-0.1, -0.05) is 35.9 Å². The van der Waals surface area contributed by atoms with Gasteiger partial charge >= 0.3 is 0 Å². The summed E-state index contributed by atoms with van der Waals surface area (Å²) in [7, 11) is -3.64. The van der Waals surface area contributed by atoms with E-state index in [4.69, 9.17) is 11.6 Å². The number of hydrogen-bond acceptors (Lipinski definition) is 3. The van der Waals surface area contributed by atoms with Crippen molar-refractivity contribution in [1.82, 2.24) is 5.32 Å². The first kappa shape index (κ1) is 21.3. The number of carbonyl (C=O) groups is 1. The molecule has 0 heterocycles. The van der Waals surface area contributed by atoms with Crippen molar-refractivity contribution in [2.24, 2.45) is 0 Å². The van der Waals surface area contributed by atoms with Crippen molar-refractivity contribution in [3.63, 3.8) is 0 Å². The van der Waals surface area contributed by atoms with Crippen LogP contribution in [0.1, 0.15) is 35.2 Å². The number of nitrogens with one attached hydrogen (secondary N) is 1. The summed E-state index contributed by atoms with van der Waals surface area (Å²) in [5.41, 5.74) is 4.48. The van der Waals surface area contributed by atoms with Gasteiger partial charge in [-0.25, -0.2) is 8.42 Å². The van der Waals surface area contributed by atoms with E-state index in [0.29, 0.717) is 10.7 Å². The summed E-state index contributed by atoms with van der Waals surface area (Å²) in [6, 6.07) is 10.7. The Morgan fingerprint density at radius 3 is 2.26 bits per heavy atom. The van der Waals surface area contributed by atoms with Gasteiger partial charge in [0.05, 0.1) is 18.0 Å². The van der Waals surface area contributed by atoms with E-state index in [2.05, 4.69) is 5.32 Å². The van der Waals surface area contributed by atoms with Gasteiger partial charge < -0.3 is 5.32 Å². The number of carbonyl (C=O) groups excluding carboxylic acids is 1. The van der Waals surface area contributed by atoms with Gasteiger partial charge in [0.1, 0.15) is 6.54 Å². The Balaban J connectivity index is 2.18. The second-order valence-electron chi connectivity index (χ2n) is 6.84. The largest absolute Gasteiger partial charge is 0.348 e. The summed E-state index contributed by atoms with van der Waals surface area (Å²) >= 11 is 6.11. The lowest BCUT2D eigenvalue weighted by atomic mass is 10.0. The molecule has 0 saturated carbocycles. The minimum Gasteiger partial charge on any atom is -0.348 e. The van der Waals surface area contributed by atoms with Crippen molar-refractivity contribution < 1.29 is 13.2 Å². The van der Waals surface area contributed by atoms with Gasteiger partial charge in [0.2, 0.25) is 15.9 Å². The number of aryl methyl sites for hydroxylation is 3. The van der Waals surface area contributed by atoms with Gasteiger partial charge in [0.25, 0.3) is 0 Å². The Labute approximate surface area is 166 Å². The molecule has 27 heavy (non-hydrogen) atoms. The van der Waals surface area contributed by atoms with Gasteiger partial charge in [-0.3, -0.25) is 9.10 Å². The average Bonchev–Trinajstić information content (AvgIpc) is 2.56. The maximum Gasteiger partial charge on any atom is 0.241 e. The number of rotatable bonds is 6. The first-order valence-electron chi connectivity index (χ1n) is 8.59. The normalized spacial score (nSPS) is 12.5. The molecule has 1 amide bonds. The molecule has 0 spiro atoms. The van der Waals surface area contributed by atoms with Crippen molar-refractivity contribution in [1.29, 1.82) is 0 Å². The molecule has 146 valence electrons. The van der Waals surface area contributed by atoms with Gasteiger partial charge in [-0.2, -0.15) is 0 Å². The van der Waals surface area contributed by atoms with Crippen LogP contribution in [0.2, 0.25) is 5.02 Å². The van der Waals surface area contributed by atoms with Gasteiger partial charge in [0.15, 0.2) is 0 Å². The maximum absolute atomic E-state index is 12.5. The molecule has 7 heteroatoms. The highest BCUT2D eigenvalue weighted by molar-refractivity contribution is 7.92. The molecule has 1 N–H and O–H groups in total. The van der Waals surface area contributed by atoms with Crippen LogP contribution in [0, 0.1) is 20.8 Å². The molecule has 0 aromatic heterocycles. The maximum atomic E-state index is 12.5. The third-order valence-electron chi connectivity index (χ3n) is 4.54. The van der Waals surface area contributed by atoms with E-state index in [-0.39, 0.29) is 18.5 Å². The van der Waals surface area contributed by atoms with Crippen LogP contribution in [0.25, 0.3) is 0 Å². The van der Waals surface area contributed by atoms with Crippen LogP contribution in [0.4, 0.5) is 5.69 Å². The van der Waals surface area contributed by atoms with E-state index in [1.807, 2.05) is 45.9 Å². The molecule has 1 atom stereocenters. The smallest absolute Gasteiger partial charge is 0.241 e. The molecule has 5 nitrogen and oxygen atoms in total. The molecule has 1 unspecified atom stereocenters. The fraction of sp³-hybridized carbons (Fsp3) is 0.350. The summed E-state index contributed by atoms with van der Waals surface area (Å²) in [5, 5.41) is 3.31. The minimum atomic E-state index is -3.64. The first-order chi connectivity index (χ1) is 12.5. The SMILES string of the molecule is Cc1ccc(C(C)NC(=O)CN(c2ccc(C)c(Cl)c2)S(C)(=O)=O)cc1C. The molecule has 2 aromatic carbocycles. The van der Waals surface area contributed by atoms with Gasteiger partial charge in [0, 0.05) is 5.02 Å². The highest BCUT2D eigenvalue weighted by atomic mass is 35.5. The predicted molar refractivity (Wildman–Crippen MR) is 111 cm³/mol. The standard InChI is InChI=1S/C20H25ClN2O3S/c1-13-6-8-17(10-15(13)3)16(4)22-20(24)12-23(27(5,25)26)18-9-7-14(2)19(21)11-18/h6-11,16H,12H2,1-5H3,(H,22,24). The van der Waals surface area contributed by atoms with Crippen LogP contribution >= 0.6 is 11.6 Å². The first-order valence-corrected chi connectivity index (χ1v) is 10.8. The molecule has 0 saturated heterocycles. The molecule has 0 radical (unpaired) electrons. The molecule has 0 aliphatic heterocycles. The Morgan fingerprint density at radius 2 is 1.70 bits per heavy atom. The zero-order chi connectivity index (χ0) is 20.4. The molecule has 0 aliphatic carbocycles. The second kappa shape index (κ2) is 8.31. The van der Waals surface area contributed by atoms with E-state index < -0.39 is 10.0 Å². The number of halogens is 1. The van der Waals surface area contributed by atoms with Crippen LogP contribution in [0.15, 0.2) is 36.4 Å². The summed E-state index contributed by atoms with van der Waals surface area (Å²) < 4.78 is 25.5. The molecule has 0 bridgehead atoms. The van der Waals surface area contributed by atoms with Gasteiger partial charge in [-0.15, -0.1) is 0 Å². The molecular formula is C20H25ClN2O3S. The number of nitrogens with zero attached hydrogens (tertiary/aromatic N) is 1. The summed E-state index contributed by atoms with van der Waals surface area (Å²) in [6.07, 6.45) is 1.07. The van der Waals surface area contributed by atoms with E-state index >= 15 is 0 Å². The van der Waals surface area contributed by atoms with Crippen LogP contribution in [-0.4, -0.2) is 27.1 Å². The number of benzene rings is 2. The molecular weight excluding hydrogens is 384 g/mol. The number of hydrogen-bond donors (Lipinski definition) is 1. The zero-order valence-corrected chi connectivity index (χ0v) is 17.8. The third-order valence-corrected chi connectivity index (χ3v) is 6.09. The molecule has 0 fully saturated rings. The molecule has 2 rings (SSSR count). The zero-order valence-electron chi connectivity index (χ0n) is 16.2. The van der Waals surface area contributed by atoms with Crippen LogP contribution < -0.4 is 9.62 Å². The van der Waals surface area contributed by atoms with Crippen molar-refractivity contribution in [3.05, 3.63) is 63.7 Å². The van der Waals surface area contributed by atoms with Crippen molar-refractivity contribution in [2.45, 2.75) is 33.7 Å². The highest BCUT2D eigenvalue weighted by Gasteiger charge is 2.22. The topological polar surface area (TPSA) is 66.5 Å². The fourth-order valence-corrected chi connectivity index (χ4v) is 3.69. The molecule has 0 aliphatic rings. The highest BCUT2D eigenvalue weighted by Crippen LogP contribution is 2.25. The lowest BCUT2D eigenvalue weighted by Gasteiger charge is -2.24. The summed E-state index contributed by atoms with van der Waals surface area (Å²) in [5.74, 6) is -0.386. The number of anilines is 1. The van der Waals surface area contributed by atoms with E-state index in [9.17, 15) is 13.2 Å². The Kier molecular flexibility index (Phi) is 6.54. The van der Waals surface area contributed by atoms with Crippen LogP contribution in [0.5, 0.6) is 0 Å². The average molecular weight is 409 g/mol. The fourth-order valence-electron chi connectivity index (χ4n) is 2.67. The monoisotopic (exact) mass is 408 g/mol. The predicted octanol–water partition coefficient (Wildman–Crippen LogP) is 3.91. The van der Waals surface area contributed by atoms with Gasteiger partial charge in [-0.05, 0) is 62.1 Å². The van der Waals surface area contributed by atoms with Crippen molar-refractivity contribution >= 4 is 33.2 Å². The van der Waals surface area contributed by atoms with E-state index in [1.54, 1.807) is 18.2 Å². The second-order valence-corrected chi connectivity index (χ2v) is 9.15. The minimum absolute atomic E-state index is 0.236. The summed E-state index contributed by atoms with van der Waals surface area (Å²) in [6.45, 7) is 7.43.